The predicted molar refractivity (Wildman–Crippen MR) is 65.3 cm³/mol. The number of halogens is 3. The van der Waals surface area contributed by atoms with E-state index in [0.717, 1.165) is 0 Å². The maximum Gasteiger partial charge on any atom is 0.176 e. The summed E-state index contributed by atoms with van der Waals surface area (Å²) >= 11 is 8.74. The number of benzene rings is 1. The molecule has 1 atom stereocenters. The minimum absolute atomic E-state index is 0.125. The zero-order chi connectivity index (χ0) is 12.1. The van der Waals surface area contributed by atoms with Crippen molar-refractivity contribution in [3.05, 3.63) is 29.6 Å². The molecule has 0 aliphatic rings. The first-order chi connectivity index (χ1) is 7.60. The minimum Gasteiger partial charge on any atom is -0.494 e. The molecular weight excluding hydrogens is 298 g/mol. The van der Waals surface area contributed by atoms with Gasteiger partial charge in [-0.1, -0.05) is 15.9 Å². The van der Waals surface area contributed by atoms with Gasteiger partial charge in [-0.15, -0.1) is 11.6 Å². The standard InChI is InChI=1S/C11H11BrClFO2/c1-16-10-3-2-7(6-9(10)14)11(15)8(12)4-5-13/h2-3,6,8H,4-5H2,1H3. The van der Waals surface area contributed by atoms with E-state index >= 15 is 0 Å². The summed E-state index contributed by atoms with van der Waals surface area (Å²) in [6, 6.07) is 4.14. The fourth-order valence-corrected chi connectivity index (χ4v) is 2.20. The smallest absolute Gasteiger partial charge is 0.176 e. The molecule has 0 saturated heterocycles. The van der Waals surface area contributed by atoms with Crippen molar-refractivity contribution in [1.29, 1.82) is 0 Å². The monoisotopic (exact) mass is 308 g/mol. The third-order valence-electron chi connectivity index (χ3n) is 2.08. The van der Waals surface area contributed by atoms with Crippen LogP contribution in [-0.2, 0) is 0 Å². The van der Waals surface area contributed by atoms with Crippen molar-refractivity contribution in [2.75, 3.05) is 13.0 Å². The molecule has 0 fully saturated rings. The second-order valence-corrected chi connectivity index (χ2v) is 4.64. The van der Waals surface area contributed by atoms with Crippen molar-refractivity contribution in [3.63, 3.8) is 0 Å². The predicted octanol–water partition coefficient (Wildman–Crippen LogP) is 3.41. The van der Waals surface area contributed by atoms with Crippen LogP contribution in [0.25, 0.3) is 0 Å². The van der Waals surface area contributed by atoms with Crippen molar-refractivity contribution >= 4 is 33.3 Å². The van der Waals surface area contributed by atoms with Crippen molar-refractivity contribution in [2.24, 2.45) is 0 Å². The first-order valence-electron chi connectivity index (χ1n) is 4.68. The third-order valence-corrected chi connectivity index (χ3v) is 3.18. The summed E-state index contributed by atoms with van der Waals surface area (Å²) in [6.07, 6.45) is 0.508. The van der Waals surface area contributed by atoms with E-state index in [1.807, 2.05) is 0 Å². The number of Topliss-reactive ketones (excluding diaryl/α,β-unsaturated/α-hetero) is 1. The fraction of sp³-hybridized carbons (Fsp3) is 0.364. The van der Waals surface area contributed by atoms with Gasteiger partial charge in [0.25, 0.3) is 0 Å². The Labute approximate surface area is 107 Å². The summed E-state index contributed by atoms with van der Waals surface area (Å²) in [6.45, 7) is 0. The molecule has 0 amide bonds. The summed E-state index contributed by atoms with van der Waals surface area (Å²) in [5.74, 6) is -0.221. The zero-order valence-electron chi connectivity index (χ0n) is 8.67. The largest absolute Gasteiger partial charge is 0.494 e. The fourth-order valence-electron chi connectivity index (χ4n) is 1.23. The van der Waals surface area contributed by atoms with Gasteiger partial charge in [0.1, 0.15) is 0 Å². The van der Waals surface area contributed by atoms with E-state index in [2.05, 4.69) is 15.9 Å². The van der Waals surface area contributed by atoms with Crippen molar-refractivity contribution in [2.45, 2.75) is 11.2 Å². The molecule has 0 saturated carbocycles. The van der Waals surface area contributed by atoms with Crippen LogP contribution in [0.2, 0.25) is 0 Å². The van der Waals surface area contributed by atoms with Crippen LogP contribution in [0.3, 0.4) is 0 Å². The number of hydrogen-bond acceptors (Lipinski definition) is 2. The van der Waals surface area contributed by atoms with Gasteiger partial charge in [0.05, 0.1) is 11.9 Å². The lowest BCUT2D eigenvalue weighted by atomic mass is 10.1. The number of hydrogen-bond donors (Lipinski definition) is 0. The van der Waals surface area contributed by atoms with Gasteiger partial charge >= 0.3 is 0 Å². The molecule has 5 heteroatoms. The van der Waals surface area contributed by atoms with Crippen LogP contribution in [0.15, 0.2) is 18.2 Å². The lowest BCUT2D eigenvalue weighted by Gasteiger charge is -2.08. The minimum atomic E-state index is -0.543. The highest BCUT2D eigenvalue weighted by Crippen LogP contribution is 2.21. The van der Waals surface area contributed by atoms with Crippen LogP contribution < -0.4 is 4.74 Å². The molecule has 0 heterocycles. The van der Waals surface area contributed by atoms with Gasteiger partial charge in [-0.05, 0) is 24.6 Å². The number of ether oxygens (including phenoxy) is 1. The van der Waals surface area contributed by atoms with Gasteiger partial charge in [-0.2, -0.15) is 0 Å². The number of alkyl halides is 2. The lowest BCUT2D eigenvalue weighted by Crippen LogP contribution is -2.15. The number of carbonyl (C=O) groups excluding carboxylic acids is 1. The van der Waals surface area contributed by atoms with Gasteiger partial charge in [-0.3, -0.25) is 4.79 Å². The molecule has 16 heavy (non-hydrogen) atoms. The van der Waals surface area contributed by atoms with Crippen LogP contribution in [-0.4, -0.2) is 23.6 Å². The Morgan fingerprint density at radius 1 is 1.62 bits per heavy atom. The van der Waals surface area contributed by atoms with E-state index < -0.39 is 5.82 Å². The Balaban J connectivity index is 2.88. The molecule has 0 spiro atoms. The number of ketones is 1. The Morgan fingerprint density at radius 3 is 2.81 bits per heavy atom. The first kappa shape index (κ1) is 13.5. The molecular formula is C11H11BrClFO2. The van der Waals surface area contributed by atoms with Crippen LogP contribution in [0.1, 0.15) is 16.8 Å². The highest BCUT2D eigenvalue weighted by atomic mass is 79.9. The van der Waals surface area contributed by atoms with Crippen LogP contribution in [0, 0.1) is 5.82 Å². The quantitative estimate of drug-likeness (QED) is 0.615. The maximum absolute atomic E-state index is 13.3. The number of carbonyl (C=O) groups is 1. The summed E-state index contributed by atoms with van der Waals surface area (Å²) in [4.78, 5) is 11.4. The molecule has 0 aliphatic heterocycles. The number of methoxy groups -OCH3 is 1. The zero-order valence-corrected chi connectivity index (χ0v) is 11.0. The van der Waals surface area contributed by atoms with Crippen LogP contribution in [0.4, 0.5) is 4.39 Å². The topological polar surface area (TPSA) is 26.3 Å². The molecule has 0 N–H and O–H groups in total. The molecule has 2 nitrogen and oxygen atoms in total. The summed E-state index contributed by atoms with van der Waals surface area (Å²) < 4.78 is 18.1. The van der Waals surface area contributed by atoms with Gasteiger partial charge in [-0.25, -0.2) is 4.39 Å². The van der Waals surface area contributed by atoms with Gasteiger partial charge in [0.15, 0.2) is 17.3 Å². The van der Waals surface area contributed by atoms with Crippen molar-refractivity contribution < 1.29 is 13.9 Å². The van der Waals surface area contributed by atoms with E-state index in [-0.39, 0.29) is 16.4 Å². The average molecular weight is 310 g/mol. The Hall–Kier alpha value is -0.610. The molecule has 0 aromatic heterocycles. The second-order valence-electron chi connectivity index (χ2n) is 3.16. The van der Waals surface area contributed by atoms with Crippen LogP contribution >= 0.6 is 27.5 Å². The Kier molecular flexibility index (Phi) is 5.22. The van der Waals surface area contributed by atoms with E-state index in [1.165, 1.54) is 25.3 Å². The van der Waals surface area contributed by atoms with Gasteiger partial charge in [0, 0.05) is 11.4 Å². The van der Waals surface area contributed by atoms with Crippen molar-refractivity contribution in [3.8, 4) is 5.75 Å². The first-order valence-corrected chi connectivity index (χ1v) is 6.13. The Morgan fingerprint density at radius 2 is 2.31 bits per heavy atom. The molecule has 1 unspecified atom stereocenters. The second kappa shape index (κ2) is 6.21. The normalized spacial score (nSPS) is 12.2. The van der Waals surface area contributed by atoms with E-state index in [4.69, 9.17) is 16.3 Å². The van der Waals surface area contributed by atoms with Crippen molar-refractivity contribution in [1.82, 2.24) is 0 Å². The average Bonchev–Trinajstić information content (AvgIpc) is 2.28. The van der Waals surface area contributed by atoms with Gasteiger partial charge in [0.2, 0.25) is 0 Å². The highest BCUT2D eigenvalue weighted by molar-refractivity contribution is 9.10. The van der Waals surface area contributed by atoms with E-state index in [9.17, 15) is 9.18 Å². The summed E-state index contributed by atoms with van der Waals surface area (Å²) in [5.41, 5.74) is 0.310. The SMILES string of the molecule is COc1ccc(C(=O)C(Br)CCCl)cc1F. The Bertz CT molecular complexity index is 384. The lowest BCUT2D eigenvalue weighted by molar-refractivity contribution is 0.0990. The molecule has 1 aromatic rings. The summed E-state index contributed by atoms with van der Waals surface area (Å²) in [5, 5.41) is 0. The van der Waals surface area contributed by atoms with Gasteiger partial charge < -0.3 is 4.74 Å². The molecule has 0 aliphatic carbocycles. The molecule has 1 rings (SSSR count). The third kappa shape index (κ3) is 3.19. The maximum atomic E-state index is 13.3. The van der Waals surface area contributed by atoms with Crippen LogP contribution in [0.5, 0.6) is 5.75 Å². The van der Waals surface area contributed by atoms with E-state index in [1.54, 1.807) is 0 Å². The van der Waals surface area contributed by atoms with E-state index in [0.29, 0.717) is 17.9 Å². The highest BCUT2D eigenvalue weighted by Gasteiger charge is 2.17. The number of rotatable bonds is 5. The molecule has 0 radical (unpaired) electrons. The molecule has 88 valence electrons. The molecule has 0 bridgehead atoms. The summed E-state index contributed by atoms with van der Waals surface area (Å²) in [7, 11) is 1.38. The molecule has 1 aromatic carbocycles.